The van der Waals surface area contributed by atoms with Gasteiger partial charge < -0.3 is 19.4 Å². The third-order valence-corrected chi connectivity index (χ3v) is 6.01. The van der Waals surface area contributed by atoms with Gasteiger partial charge in [-0.05, 0) is 49.0 Å². The Morgan fingerprint density at radius 3 is 2.52 bits per heavy atom. The Hall–Kier alpha value is -2.38. The molecule has 0 saturated carbocycles. The normalized spacial score (nSPS) is 18.4. The molecule has 0 N–H and O–H groups in total. The maximum Gasteiger partial charge on any atom is 0.345 e. The first-order chi connectivity index (χ1) is 15.0. The van der Waals surface area contributed by atoms with Gasteiger partial charge in [-0.15, -0.1) is 0 Å². The number of fused-ring (bicyclic) bond motifs is 1. The highest BCUT2D eigenvalue weighted by Crippen LogP contribution is 2.42. The van der Waals surface area contributed by atoms with Crippen LogP contribution in [0.3, 0.4) is 0 Å². The van der Waals surface area contributed by atoms with Crippen molar-refractivity contribution in [3.05, 3.63) is 40.1 Å². The fourth-order valence-corrected chi connectivity index (χ4v) is 4.42. The van der Waals surface area contributed by atoms with Crippen LogP contribution in [0.15, 0.2) is 23.8 Å². The highest BCUT2D eigenvalue weighted by Gasteiger charge is 2.40. The van der Waals surface area contributed by atoms with E-state index in [0.717, 1.165) is 67.1 Å². The van der Waals surface area contributed by atoms with Crippen LogP contribution in [0.5, 0.6) is 5.75 Å². The average Bonchev–Trinajstić information content (AvgIpc) is 3.10. The van der Waals surface area contributed by atoms with Crippen LogP contribution in [0.1, 0.15) is 44.7 Å². The topological polar surface area (TPSA) is 74.1 Å². The molecule has 0 spiro atoms. The maximum absolute atomic E-state index is 12.9. The smallest absolute Gasteiger partial charge is 0.345 e. The van der Waals surface area contributed by atoms with E-state index in [9.17, 15) is 10.0 Å². The van der Waals surface area contributed by atoms with Crippen molar-refractivity contribution < 1.29 is 23.7 Å². The van der Waals surface area contributed by atoms with Gasteiger partial charge in [0.05, 0.1) is 25.4 Å². The number of ether oxygens (including phenoxy) is 3. The molecule has 1 heterocycles. The molecule has 7 heteroatoms. The Morgan fingerprint density at radius 2 is 1.90 bits per heavy atom. The van der Waals surface area contributed by atoms with Crippen LogP contribution in [0.2, 0.25) is 0 Å². The van der Waals surface area contributed by atoms with E-state index in [1.165, 1.54) is 7.05 Å². The Morgan fingerprint density at radius 1 is 1.19 bits per heavy atom. The summed E-state index contributed by atoms with van der Waals surface area (Å²) in [6.07, 6.45) is 1.75. The molecule has 7 nitrogen and oxygen atoms in total. The molecule has 0 aromatic heterocycles. The second-order valence-corrected chi connectivity index (χ2v) is 7.88. The van der Waals surface area contributed by atoms with Gasteiger partial charge in [-0.2, -0.15) is 0 Å². The van der Waals surface area contributed by atoms with E-state index in [0.29, 0.717) is 23.6 Å². The molecule has 1 fully saturated rings. The van der Waals surface area contributed by atoms with Crippen LogP contribution in [-0.4, -0.2) is 74.4 Å². The van der Waals surface area contributed by atoms with Crippen molar-refractivity contribution in [2.24, 2.45) is 5.92 Å². The van der Waals surface area contributed by atoms with E-state index in [-0.39, 0.29) is 12.5 Å². The van der Waals surface area contributed by atoms with Gasteiger partial charge in [0.1, 0.15) is 25.0 Å². The summed E-state index contributed by atoms with van der Waals surface area (Å²) in [4.78, 5) is 15.2. The minimum absolute atomic E-state index is 0.170. The van der Waals surface area contributed by atoms with E-state index in [4.69, 9.17) is 14.2 Å². The van der Waals surface area contributed by atoms with E-state index in [1.807, 2.05) is 18.2 Å². The standard InChI is InChI=1S/C24H34N2O5/c1-5-17(6-2)21-19-9-8-18(31-15-12-26-10-13-29-14-11-26)16-20(19)23(25(4)28)22(21)24(27)30-7-3/h8-9,16-17H,5-7,10-15H2,1-4H3/b25-23+. The highest BCUT2D eigenvalue weighted by atomic mass is 16.5. The number of hydrogen-bond donors (Lipinski definition) is 0. The lowest BCUT2D eigenvalue weighted by Gasteiger charge is -2.26. The van der Waals surface area contributed by atoms with E-state index < -0.39 is 5.97 Å². The fourth-order valence-electron chi connectivity index (χ4n) is 4.42. The number of morpholine rings is 1. The number of hydroxylamine groups is 1. The zero-order valence-electron chi connectivity index (χ0n) is 19.1. The van der Waals surface area contributed by atoms with Gasteiger partial charge in [0.15, 0.2) is 0 Å². The summed E-state index contributed by atoms with van der Waals surface area (Å²) in [7, 11) is 1.43. The summed E-state index contributed by atoms with van der Waals surface area (Å²) in [6, 6.07) is 5.78. The molecule has 1 aromatic rings. The van der Waals surface area contributed by atoms with Crippen LogP contribution < -0.4 is 4.74 Å². The molecule has 0 amide bonds. The molecular weight excluding hydrogens is 396 g/mol. The van der Waals surface area contributed by atoms with Crippen molar-refractivity contribution in [1.82, 2.24) is 4.90 Å². The maximum atomic E-state index is 12.9. The lowest BCUT2D eigenvalue weighted by atomic mass is 9.88. The molecule has 0 unspecified atom stereocenters. The minimum atomic E-state index is -0.437. The molecule has 1 saturated heterocycles. The molecule has 3 rings (SSSR count). The summed E-state index contributed by atoms with van der Waals surface area (Å²) in [5, 5.41) is 12.6. The highest BCUT2D eigenvalue weighted by molar-refractivity contribution is 6.34. The summed E-state index contributed by atoms with van der Waals surface area (Å²) >= 11 is 0. The van der Waals surface area contributed by atoms with Crippen LogP contribution >= 0.6 is 0 Å². The third kappa shape index (κ3) is 5.10. The first-order valence-corrected chi connectivity index (χ1v) is 11.3. The molecule has 0 atom stereocenters. The first kappa shape index (κ1) is 23.3. The SMILES string of the molecule is CCOC(=O)C1=C(C(CC)CC)c2ccc(OCCN3CCOCC3)cc2/C1=[N+](/C)[O-]. The largest absolute Gasteiger partial charge is 0.624 e. The van der Waals surface area contributed by atoms with Gasteiger partial charge >= 0.3 is 5.97 Å². The molecule has 1 aliphatic carbocycles. The van der Waals surface area contributed by atoms with Crippen molar-refractivity contribution in [2.75, 3.05) is 53.1 Å². The Balaban J connectivity index is 1.91. The molecule has 31 heavy (non-hydrogen) atoms. The average molecular weight is 431 g/mol. The zero-order chi connectivity index (χ0) is 22.4. The Labute approximate surface area is 184 Å². The molecule has 0 bridgehead atoms. The Bertz CT molecular complexity index is 848. The third-order valence-electron chi connectivity index (χ3n) is 6.01. The quantitative estimate of drug-likeness (QED) is 0.259. The number of carbonyl (C=O) groups excluding carboxylic acids is 1. The number of allylic oxidation sites excluding steroid dienone is 1. The van der Waals surface area contributed by atoms with Gasteiger partial charge in [-0.3, -0.25) is 4.90 Å². The van der Waals surface area contributed by atoms with Crippen molar-refractivity contribution in [3.63, 3.8) is 0 Å². The summed E-state index contributed by atoms with van der Waals surface area (Å²) in [5.74, 6) is 0.428. The lowest BCUT2D eigenvalue weighted by Crippen LogP contribution is -2.38. The predicted octanol–water partition coefficient (Wildman–Crippen LogP) is 3.09. The van der Waals surface area contributed by atoms with Gasteiger partial charge in [0, 0.05) is 19.6 Å². The number of nitrogens with zero attached hydrogens (tertiary/aromatic N) is 2. The van der Waals surface area contributed by atoms with Crippen LogP contribution in [0, 0.1) is 11.1 Å². The monoisotopic (exact) mass is 430 g/mol. The van der Waals surface area contributed by atoms with Crippen molar-refractivity contribution in [3.8, 4) is 5.75 Å². The number of benzene rings is 1. The summed E-state index contributed by atoms with van der Waals surface area (Å²) in [6.45, 7) is 11.0. The number of carbonyl (C=O) groups is 1. The second kappa shape index (κ2) is 10.8. The van der Waals surface area contributed by atoms with E-state index in [1.54, 1.807) is 6.92 Å². The number of rotatable bonds is 9. The van der Waals surface area contributed by atoms with Crippen LogP contribution in [0.25, 0.3) is 5.57 Å². The first-order valence-electron chi connectivity index (χ1n) is 11.3. The number of esters is 1. The van der Waals surface area contributed by atoms with Crippen LogP contribution in [0.4, 0.5) is 0 Å². The van der Waals surface area contributed by atoms with Gasteiger partial charge in [0.2, 0.25) is 5.71 Å². The zero-order valence-corrected chi connectivity index (χ0v) is 19.1. The van der Waals surface area contributed by atoms with E-state index in [2.05, 4.69) is 18.7 Å². The lowest BCUT2D eigenvalue weighted by molar-refractivity contribution is -0.421. The summed E-state index contributed by atoms with van der Waals surface area (Å²) < 4.78 is 17.5. The molecule has 1 aromatic carbocycles. The Kier molecular flexibility index (Phi) is 8.09. The van der Waals surface area contributed by atoms with E-state index >= 15 is 0 Å². The summed E-state index contributed by atoms with van der Waals surface area (Å²) in [5.41, 5.74) is 3.35. The molecule has 2 aliphatic rings. The fraction of sp³-hybridized carbons (Fsp3) is 0.583. The molecule has 0 radical (unpaired) electrons. The van der Waals surface area contributed by atoms with Crippen LogP contribution in [-0.2, 0) is 14.3 Å². The molecule has 170 valence electrons. The van der Waals surface area contributed by atoms with Gasteiger partial charge in [0.25, 0.3) is 0 Å². The van der Waals surface area contributed by atoms with Crippen molar-refractivity contribution >= 4 is 17.3 Å². The molecule has 1 aliphatic heterocycles. The van der Waals surface area contributed by atoms with Gasteiger partial charge in [-0.25, -0.2) is 9.53 Å². The number of hydrogen-bond acceptors (Lipinski definition) is 6. The predicted molar refractivity (Wildman–Crippen MR) is 120 cm³/mol. The van der Waals surface area contributed by atoms with Crippen molar-refractivity contribution in [1.29, 1.82) is 0 Å². The minimum Gasteiger partial charge on any atom is -0.624 e. The van der Waals surface area contributed by atoms with Crippen molar-refractivity contribution in [2.45, 2.75) is 33.6 Å². The molecular formula is C24H34N2O5. The second-order valence-electron chi connectivity index (χ2n) is 7.88. The van der Waals surface area contributed by atoms with Gasteiger partial charge in [-0.1, -0.05) is 19.9 Å².